The number of sulfonamides is 1. The molecule has 0 unspecified atom stereocenters. The standard InChI is InChI=1S/C20H23ClN2O4S/c1-20(2,3)22-19(24)13-27-18-9-8-15(12-16(18)21)28(25,26)23-11-10-14-6-4-5-7-17(14)23/h4-9,12H,10-11,13H2,1-3H3,(H,22,24). The average Bonchev–Trinajstić information content (AvgIpc) is 3.04. The number of nitrogens with zero attached hydrogens (tertiary/aromatic N) is 1. The van der Waals surface area contributed by atoms with Crippen molar-refractivity contribution in [1.29, 1.82) is 0 Å². The monoisotopic (exact) mass is 422 g/mol. The van der Waals surface area contributed by atoms with Crippen molar-refractivity contribution < 1.29 is 17.9 Å². The topological polar surface area (TPSA) is 75.7 Å². The number of anilines is 1. The van der Waals surface area contributed by atoms with E-state index >= 15 is 0 Å². The smallest absolute Gasteiger partial charge is 0.264 e. The minimum atomic E-state index is -3.73. The zero-order chi connectivity index (χ0) is 20.5. The number of para-hydroxylation sites is 1. The van der Waals surface area contributed by atoms with E-state index in [-0.39, 0.29) is 33.7 Å². The Morgan fingerprint density at radius 3 is 2.61 bits per heavy atom. The average molecular weight is 423 g/mol. The number of rotatable bonds is 5. The molecule has 3 rings (SSSR count). The molecule has 2 aromatic carbocycles. The number of hydrogen-bond acceptors (Lipinski definition) is 4. The Labute approximate surface area is 170 Å². The summed E-state index contributed by atoms with van der Waals surface area (Å²) in [5, 5.41) is 2.92. The van der Waals surface area contributed by atoms with E-state index in [0.29, 0.717) is 18.7 Å². The number of amides is 1. The van der Waals surface area contributed by atoms with Crippen LogP contribution in [-0.2, 0) is 21.2 Å². The van der Waals surface area contributed by atoms with E-state index in [1.807, 2.05) is 39.0 Å². The lowest BCUT2D eigenvalue weighted by molar-refractivity contribution is -0.124. The number of carbonyl (C=O) groups excluding carboxylic acids is 1. The van der Waals surface area contributed by atoms with Crippen molar-refractivity contribution in [3.05, 3.63) is 53.1 Å². The number of nitrogens with one attached hydrogen (secondary N) is 1. The van der Waals surface area contributed by atoms with Crippen LogP contribution in [0.4, 0.5) is 5.69 Å². The number of halogens is 1. The predicted molar refractivity (Wildman–Crippen MR) is 110 cm³/mol. The van der Waals surface area contributed by atoms with Crippen molar-refractivity contribution in [1.82, 2.24) is 5.32 Å². The van der Waals surface area contributed by atoms with Crippen LogP contribution in [0.2, 0.25) is 5.02 Å². The van der Waals surface area contributed by atoms with Gasteiger partial charge in [-0.1, -0.05) is 29.8 Å². The molecule has 6 nitrogen and oxygen atoms in total. The fraction of sp³-hybridized carbons (Fsp3) is 0.350. The molecule has 1 aliphatic heterocycles. The van der Waals surface area contributed by atoms with Crippen molar-refractivity contribution >= 4 is 33.2 Å². The Hall–Kier alpha value is -2.25. The van der Waals surface area contributed by atoms with Gasteiger partial charge in [0.25, 0.3) is 15.9 Å². The maximum absolute atomic E-state index is 13.0. The lowest BCUT2D eigenvalue weighted by atomic mass is 10.1. The molecule has 8 heteroatoms. The van der Waals surface area contributed by atoms with Gasteiger partial charge < -0.3 is 10.1 Å². The largest absolute Gasteiger partial charge is 0.482 e. The summed E-state index contributed by atoms with van der Waals surface area (Å²) in [6, 6.07) is 11.7. The van der Waals surface area contributed by atoms with Crippen molar-refractivity contribution in [3.63, 3.8) is 0 Å². The second-order valence-electron chi connectivity index (χ2n) is 7.63. The SMILES string of the molecule is CC(C)(C)NC(=O)COc1ccc(S(=O)(=O)N2CCc3ccccc32)cc1Cl. The molecule has 1 amide bonds. The van der Waals surface area contributed by atoms with Gasteiger partial charge in [-0.25, -0.2) is 8.42 Å². The van der Waals surface area contributed by atoms with Crippen LogP contribution in [0.5, 0.6) is 5.75 Å². The van der Waals surface area contributed by atoms with E-state index in [0.717, 1.165) is 5.56 Å². The van der Waals surface area contributed by atoms with Crippen LogP contribution in [0.25, 0.3) is 0 Å². The summed E-state index contributed by atoms with van der Waals surface area (Å²) in [5.74, 6) is -0.0274. The predicted octanol–water partition coefficient (Wildman–Crippen LogP) is 3.38. The lowest BCUT2D eigenvalue weighted by Gasteiger charge is -2.21. The molecule has 0 saturated carbocycles. The molecule has 0 atom stereocenters. The molecule has 150 valence electrons. The van der Waals surface area contributed by atoms with Crippen LogP contribution in [0.1, 0.15) is 26.3 Å². The van der Waals surface area contributed by atoms with E-state index in [1.54, 1.807) is 6.07 Å². The van der Waals surface area contributed by atoms with Crippen LogP contribution in [0.15, 0.2) is 47.4 Å². The molecule has 0 fully saturated rings. The molecule has 0 aromatic heterocycles. The first-order valence-corrected chi connectivity index (χ1v) is 10.7. The first-order valence-electron chi connectivity index (χ1n) is 8.92. The van der Waals surface area contributed by atoms with Gasteiger partial charge in [0.15, 0.2) is 6.61 Å². The third-order valence-corrected chi connectivity index (χ3v) is 6.31. The van der Waals surface area contributed by atoms with Gasteiger partial charge in [-0.05, 0) is 57.0 Å². The van der Waals surface area contributed by atoms with E-state index in [2.05, 4.69) is 5.32 Å². The fourth-order valence-electron chi connectivity index (χ4n) is 3.04. The normalized spacial score (nSPS) is 13.9. The third-order valence-electron chi connectivity index (χ3n) is 4.21. The van der Waals surface area contributed by atoms with Gasteiger partial charge >= 0.3 is 0 Å². The number of ether oxygens (including phenoxy) is 1. The molecule has 1 heterocycles. The minimum Gasteiger partial charge on any atom is -0.482 e. The van der Waals surface area contributed by atoms with Gasteiger partial charge in [-0.15, -0.1) is 0 Å². The molecule has 0 bridgehead atoms. The van der Waals surface area contributed by atoms with Crippen LogP contribution in [-0.4, -0.2) is 33.0 Å². The minimum absolute atomic E-state index is 0.0840. The summed E-state index contributed by atoms with van der Waals surface area (Å²) in [4.78, 5) is 12.0. The highest BCUT2D eigenvalue weighted by atomic mass is 35.5. The first-order chi connectivity index (χ1) is 13.1. The van der Waals surface area contributed by atoms with Crippen LogP contribution < -0.4 is 14.4 Å². The maximum Gasteiger partial charge on any atom is 0.264 e. The van der Waals surface area contributed by atoms with E-state index in [9.17, 15) is 13.2 Å². The van der Waals surface area contributed by atoms with E-state index < -0.39 is 10.0 Å². The van der Waals surface area contributed by atoms with Crippen molar-refractivity contribution in [2.24, 2.45) is 0 Å². The summed E-state index contributed by atoms with van der Waals surface area (Å²) < 4.78 is 32.9. The summed E-state index contributed by atoms with van der Waals surface area (Å²) in [6.07, 6.45) is 0.674. The maximum atomic E-state index is 13.0. The summed E-state index contributed by atoms with van der Waals surface area (Å²) in [5.41, 5.74) is 1.33. The van der Waals surface area contributed by atoms with Crippen molar-refractivity contribution in [2.45, 2.75) is 37.6 Å². The van der Waals surface area contributed by atoms with Gasteiger partial charge in [0.2, 0.25) is 0 Å². The zero-order valence-corrected chi connectivity index (χ0v) is 17.6. The number of carbonyl (C=O) groups is 1. The second-order valence-corrected chi connectivity index (χ2v) is 9.90. The molecule has 28 heavy (non-hydrogen) atoms. The van der Waals surface area contributed by atoms with Crippen LogP contribution in [0, 0.1) is 0 Å². The number of fused-ring (bicyclic) bond motifs is 1. The second kappa shape index (κ2) is 7.64. The molecule has 2 aromatic rings. The van der Waals surface area contributed by atoms with Gasteiger partial charge in [0.1, 0.15) is 5.75 Å². The molecule has 0 aliphatic carbocycles. The molecule has 1 aliphatic rings. The Morgan fingerprint density at radius 1 is 1.21 bits per heavy atom. The zero-order valence-electron chi connectivity index (χ0n) is 16.0. The summed E-state index contributed by atoms with van der Waals surface area (Å²) >= 11 is 6.22. The molecular weight excluding hydrogens is 400 g/mol. The highest BCUT2D eigenvalue weighted by Gasteiger charge is 2.31. The first kappa shape index (κ1) is 20.5. The van der Waals surface area contributed by atoms with E-state index in [4.69, 9.17) is 16.3 Å². The van der Waals surface area contributed by atoms with Gasteiger partial charge in [0, 0.05) is 12.1 Å². The molecule has 1 N–H and O–H groups in total. The van der Waals surface area contributed by atoms with Crippen molar-refractivity contribution in [2.75, 3.05) is 17.5 Å². The Kier molecular flexibility index (Phi) is 5.59. The molecular formula is C20H23ClN2O4S. The van der Waals surface area contributed by atoms with Gasteiger partial charge in [-0.2, -0.15) is 0 Å². The van der Waals surface area contributed by atoms with Gasteiger partial charge in [0.05, 0.1) is 15.6 Å². The van der Waals surface area contributed by atoms with Crippen LogP contribution in [0.3, 0.4) is 0 Å². The molecule has 0 radical (unpaired) electrons. The summed E-state index contributed by atoms with van der Waals surface area (Å²) in [7, 11) is -3.73. The fourth-order valence-corrected chi connectivity index (χ4v) is 4.87. The quantitative estimate of drug-likeness (QED) is 0.801. The third kappa shape index (κ3) is 4.42. The van der Waals surface area contributed by atoms with Crippen molar-refractivity contribution in [3.8, 4) is 5.75 Å². The Morgan fingerprint density at radius 2 is 1.93 bits per heavy atom. The Balaban J connectivity index is 1.76. The van der Waals surface area contributed by atoms with Crippen LogP contribution >= 0.6 is 11.6 Å². The molecule has 0 saturated heterocycles. The lowest BCUT2D eigenvalue weighted by Crippen LogP contribution is -2.43. The molecule has 0 spiro atoms. The number of benzene rings is 2. The number of hydrogen-bond donors (Lipinski definition) is 1. The van der Waals surface area contributed by atoms with E-state index in [1.165, 1.54) is 22.5 Å². The highest BCUT2D eigenvalue weighted by Crippen LogP contribution is 2.35. The van der Waals surface area contributed by atoms with Gasteiger partial charge in [-0.3, -0.25) is 9.10 Å². The highest BCUT2D eigenvalue weighted by molar-refractivity contribution is 7.92. The summed E-state index contributed by atoms with van der Waals surface area (Å²) in [6.45, 7) is 5.79. The Bertz CT molecular complexity index is 1000.